The number of carbonyl (C=O) groups is 1. The molecular formula is C16H24BFN2O4. The molecule has 24 heavy (non-hydrogen) atoms. The van der Waals surface area contributed by atoms with Crippen LogP contribution in [0.1, 0.15) is 48.5 Å². The number of nitrogens with one attached hydrogen (secondary N) is 1. The zero-order valence-corrected chi connectivity index (χ0v) is 15.2. The van der Waals surface area contributed by atoms with Crippen molar-refractivity contribution in [3.63, 3.8) is 0 Å². The molecule has 0 spiro atoms. The van der Waals surface area contributed by atoms with Gasteiger partial charge in [0.05, 0.1) is 17.4 Å². The summed E-state index contributed by atoms with van der Waals surface area (Å²) in [6.07, 6.45) is 0.334. The first-order valence-electron chi connectivity index (χ1n) is 7.82. The smallest absolute Gasteiger partial charge is 0.444 e. The van der Waals surface area contributed by atoms with E-state index in [-0.39, 0.29) is 5.82 Å². The molecule has 0 aromatic carbocycles. The fourth-order valence-electron chi connectivity index (χ4n) is 2.11. The van der Waals surface area contributed by atoms with Crippen molar-refractivity contribution in [3.05, 3.63) is 18.1 Å². The summed E-state index contributed by atoms with van der Waals surface area (Å²) in [4.78, 5) is 15.9. The molecule has 1 fully saturated rings. The monoisotopic (exact) mass is 338 g/mol. The van der Waals surface area contributed by atoms with Crippen molar-refractivity contribution in [2.45, 2.75) is 65.3 Å². The SMILES string of the molecule is CC(C)(C)OC(=O)Nc1ncc(F)cc1B1OC(C)(C)C(C)(C)O1. The number of carbonyl (C=O) groups excluding carboxylic acids is 1. The molecule has 1 aliphatic heterocycles. The Hall–Kier alpha value is -1.67. The lowest BCUT2D eigenvalue weighted by Gasteiger charge is -2.32. The average Bonchev–Trinajstić information content (AvgIpc) is 2.58. The molecule has 1 aromatic rings. The molecule has 0 bridgehead atoms. The fourth-order valence-corrected chi connectivity index (χ4v) is 2.11. The van der Waals surface area contributed by atoms with E-state index < -0.39 is 35.8 Å². The third-order valence-electron chi connectivity index (χ3n) is 4.01. The second-order valence-electron chi connectivity index (χ2n) is 7.81. The van der Waals surface area contributed by atoms with Crippen LogP contribution in [0.25, 0.3) is 0 Å². The maximum atomic E-state index is 13.7. The summed E-state index contributed by atoms with van der Waals surface area (Å²) >= 11 is 0. The van der Waals surface area contributed by atoms with Gasteiger partial charge in [-0.2, -0.15) is 0 Å². The number of nitrogens with zero attached hydrogens (tertiary/aromatic N) is 1. The number of ether oxygens (including phenoxy) is 1. The predicted molar refractivity (Wildman–Crippen MR) is 89.8 cm³/mol. The Labute approximate surface area is 142 Å². The quantitative estimate of drug-likeness (QED) is 0.840. The van der Waals surface area contributed by atoms with Gasteiger partial charge in [-0.25, -0.2) is 14.2 Å². The van der Waals surface area contributed by atoms with Gasteiger partial charge in [-0.15, -0.1) is 0 Å². The summed E-state index contributed by atoms with van der Waals surface area (Å²) < 4.78 is 30.7. The summed E-state index contributed by atoms with van der Waals surface area (Å²) in [5, 5.41) is 2.53. The van der Waals surface area contributed by atoms with Crippen LogP contribution in [0.5, 0.6) is 0 Å². The lowest BCUT2D eigenvalue weighted by molar-refractivity contribution is 0.00578. The van der Waals surface area contributed by atoms with Crippen molar-refractivity contribution in [2.24, 2.45) is 0 Å². The van der Waals surface area contributed by atoms with Crippen LogP contribution in [-0.2, 0) is 14.0 Å². The van der Waals surface area contributed by atoms with Crippen LogP contribution in [-0.4, -0.2) is 35.0 Å². The first kappa shape index (κ1) is 18.7. The Balaban J connectivity index is 2.28. The molecule has 1 saturated heterocycles. The van der Waals surface area contributed by atoms with E-state index >= 15 is 0 Å². The molecular weight excluding hydrogens is 314 g/mol. The van der Waals surface area contributed by atoms with Crippen molar-refractivity contribution >= 4 is 24.5 Å². The lowest BCUT2D eigenvalue weighted by Crippen LogP contribution is -2.41. The largest absolute Gasteiger partial charge is 0.498 e. The van der Waals surface area contributed by atoms with E-state index in [4.69, 9.17) is 14.0 Å². The number of hydrogen-bond acceptors (Lipinski definition) is 5. The molecule has 0 radical (unpaired) electrons. The molecule has 2 rings (SSSR count). The highest BCUT2D eigenvalue weighted by Gasteiger charge is 2.52. The molecule has 2 heterocycles. The molecule has 0 atom stereocenters. The van der Waals surface area contributed by atoms with Gasteiger partial charge in [0.1, 0.15) is 17.2 Å². The highest BCUT2D eigenvalue weighted by Crippen LogP contribution is 2.36. The van der Waals surface area contributed by atoms with Crippen LogP contribution in [0.3, 0.4) is 0 Å². The van der Waals surface area contributed by atoms with E-state index in [1.165, 1.54) is 6.07 Å². The standard InChI is InChI=1S/C16H24BFN2O4/c1-14(2,3)22-13(21)20-12-11(8-10(18)9-19-12)17-23-15(4,5)16(6,7)24-17/h8-9H,1-7H3,(H,19,20,21). The van der Waals surface area contributed by atoms with E-state index in [1.54, 1.807) is 20.8 Å². The van der Waals surface area contributed by atoms with Crippen LogP contribution < -0.4 is 10.8 Å². The van der Waals surface area contributed by atoms with E-state index in [0.29, 0.717) is 5.46 Å². The first-order chi connectivity index (χ1) is 10.8. The van der Waals surface area contributed by atoms with Gasteiger partial charge in [-0.3, -0.25) is 5.32 Å². The van der Waals surface area contributed by atoms with Crippen LogP contribution in [0, 0.1) is 5.82 Å². The average molecular weight is 338 g/mol. The Morgan fingerprint density at radius 1 is 1.25 bits per heavy atom. The van der Waals surface area contributed by atoms with Crippen molar-refractivity contribution < 1.29 is 23.2 Å². The van der Waals surface area contributed by atoms with E-state index in [0.717, 1.165) is 6.20 Å². The molecule has 132 valence electrons. The van der Waals surface area contributed by atoms with Gasteiger partial charge >= 0.3 is 13.2 Å². The number of rotatable bonds is 2. The summed E-state index contributed by atoms with van der Waals surface area (Å²) in [5.74, 6) is -0.404. The van der Waals surface area contributed by atoms with Crippen LogP contribution in [0.4, 0.5) is 15.0 Å². The van der Waals surface area contributed by atoms with Crippen LogP contribution in [0.15, 0.2) is 12.3 Å². The minimum Gasteiger partial charge on any atom is -0.444 e. The maximum absolute atomic E-state index is 13.7. The molecule has 0 unspecified atom stereocenters. The van der Waals surface area contributed by atoms with Crippen molar-refractivity contribution in [3.8, 4) is 0 Å². The van der Waals surface area contributed by atoms with Crippen molar-refractivity contribution in [2.75, 3.05) is 5.32 Å². The number of hydrogen-bond donors (Lipinski definition) is 1. The van der Waals surface area contributed by atoms with Gasteiger partial charge in [-0.1, -0.05) is 0 Å². The molecule has 0 aliphatic carbocycles. The third-order valence-corrected chi connectivity index (χ3v) is 4.01. The normalized spacial score (nSPS) is 19.2. The van der Waals surface area contributed by atoms with E-state index in [1.807, 2.05) is 27.7 Å². The number of pyridine rings is 1. The van der Waals surface area contributed by atoms with E-state index in [2.05, 4.69) is 10.3 Å². The Morgan fingerprint density at radius 3 is 2.29 bits per heavy atom. The Kier molecular flexibility index (Phi) is 4.67. The summed E-state index contributed by atoms with van der Waals surface area (Å²) in [7, 11) is -0.844. The number of aromatic nitrogens is 1. The lowest BCUT2D eigenvalue weighted by atomic mass is 9.79. The third kappa shape index (κ3) is 4.05. The van der Waals surface area contributed by atoms with Gasteiger partial charge in [0, 0.05) is 5.46 Å². The molecule has 0 saturated carbocycles. The Bertz CT molecular complexity index is 627. The molecule has 1 aliphatic rings. The molecule has 1 amide bonds. The zero-order valence-electron chi connectivity index (χ0n) is 15.2. The van der Waals surface area contributed by atoms with Gasteiger partial charge < -0.3 is 14.0 Å². The van der Waals surface area contributed by atoms with Crippen molar-refractivity contribution in [1.82, 2.24) is 4.98 Å². The second kappa shape index (κ2) is 6.00. The second-order valence-corrected chi connectivity index (χ2v) is 7.81. The zero-order chi connectivity index (χ0) is 18.3. The topological polar surface area (TPSA) is 69.7 Å². The highest BCUT2D eigenvalue weighted by atomic mass is 19.1. The molecule has 1 aromatic heterocycles. The first-order valence-corrected chi connectivity index (χ1v) is 7.82. The summed E-state index contributed by atoms with van der Waals surface area (Å²) in [6, 6.07) is 1.24. The van der Waals surface area contributed by atoms with Gasteiger partial charge in [0.25, 0.3) is 0 Å². The van der Waals surface area contributed by atoms with Crippen LogP contribution in [0.2, 0.25) is 0 Å². The summed E-state index contributed by atoms with van der Waals surface area (Å²) in [6.45, 7) is 12.8. The predicted octanol–water partition coefficient (Wildman–Crippen LogP) is 2.87. The van der Waals surface area contributed by atoms with Gasteiger partial charge in [0.2, 0.25) is 0 Å². The molecule has 8 heteroatoms. The van der Waals surface area contributed by atoms with Gasteiger partial charge in [0.15, 0.2) is 0 Å². The molecule has 1 N–H and O–H groups in total. The van der Waals surface area contributed by atoms with Crippen LogP contribution >= 0.6 is 0 Å². The van der Waals surface area contributed by atoms with Crippen molar-refractivity contribution in [1.29, 1.82) is 0 Å². The summed E-state index contributed by atoms with van der Waals surface area (Å²) in [5.41, 5.74) is -1.53. The maximum Gasteiger partial charge on any atom is 0.498 e. The minimum atomic E-state index is -0.844. The number of anilines is 1. The minimum absolute atomic E-state index is 0.143. The molecule has 6 nitrogen and oxygen atoms in total. The van der Waals surface area contributed by atoms with Gasteiger partial charge in [-0.05, 0) is 54.5 Å². The fraction of sp³-hybridized carbons (Fsp3) is 0.625. The number of amides is 1. The highest BCUT2D eigenvalue weighted by molar-refractivity contribution is 6.63. The number of halogens is 1. The Morgan fingerprint density at radius 2 is 1.79 bits per heavy atom. The van der Waals surface area contributed by atoms with E-state index in [9.17, 15) is 9.18 Å².